The predicted molar refractivity (Wildman–Crippen MR) is 154 cm³/mol. The number of pyridine rings is 1. The fraction of sp³-hybridized carbons (Fsp3) is 0.407. The van der Waals surface area contributed by atoms with Gasteiger partial charge in [-0.15, -0.1) is 0 Å². The number of hydrogen-bond donors (Lipinski definition) is 1. The second kappa shape index (κ2) is 10.7. The molecule has 0 aliphatic carbocycles. The third-order valence-electron chi connectivity index (χ3n) is 7.53. The molecule has 1 radical (unpaired) electrons. The molecule has 1 aliphatic heterocycles. The summed E-state index contributed by atoms with van der Waals surface area (Å²) >= 11 is 0. The highest BCUT2D eigenvalue weighted by atomic mass is 28.4. The number of nitriles is 1. The first-order chi connectivity index (χ1) is 18.4. The van der Waals surface area contributed by atoms with Gasteiger partial charge in [0, 0.05) is 36.0 Å². The molecule has 0 saturated heterocycles. The smallest absolute Gasteiger partial charge is 0.329 e. The zero-order valence-corrected chi connectivity index (χ0v) is 24.4. The summed E-state index contributed by atoms with van der Waals surface area (Å²) in [5.74, 6) is 1.12. The number of ether oxygens (including phenoxy) is 1. The van der Waals surface area contributed by atoms with Crippen LogP contribution in [0.15, 0.2) is 36.8 Å². The maximum Gasteiger partial charge on any atom is 0.329 e. The Morgan fingerprint density at radius 3 is 2.72 bits per heavy atom. The molecule has 1 N–H and O–H groups in total. The second-order valence-electron chi connectivity index (χ2n) is 11.4. The van der Waals surface area contributed by atoms with Gasteiger partial charge in [-0.1, -0.05) is 27.7 Å². The van der Waals surface area contributed by atoms with E-state index in [4.69, 9.17) is 9.16 Å². The highest BCUT2D eigenvalue weighted by Gasteiger charge is 2.44. The van der Waals surface area contributed by atoms with Crippen molar-refractivity contribution < 1.29 is 14.0 Å². The van der Waals surface area contributed by atoms with E-state index in [1.54, 1.807) is 18.3 Å². The van der Waals surface area contributed by atoms with Gasteiger partial charge < -0.3 is 24.1 Å². The summed E-state index contributed by atoms with van der Waals surface area (Å²) in [5, 5.41) is 13.3. The lowest BCUT2D eigenvalue weighted by atomic mass is 9.83. The van der Waals surface area contributed by atoms with Crippen molar-refractivity contribution in [2.75, 3.05) is 30.4 Å². The number of methoxy groups -OCH3 is 1. The van der Waals surface area contributed by atoms with E-state index in [0.29, 0.717) is 53.3 Å². The van der Waals surface area contributed by atoms with Crippen molar-refractivity contribution in [1.82, 2.24) is 19.9 Å². The summed E-state index contributed by atoms with van der Waals surface area (Å²) in [6.07, 6.45) is 3.79. The summed E-state index contributed by atoms with van der Waals surface area (Å²) < 4.78 is 12.0. The lowest BCUT2D eigenvalue weighted by Gasteiger charge is -2.39. The minimum atomic E-state index is -2.05. The third-order valence-corrected chi connectivity index (χ3v) is 12.0. The van der Waals surface area contributed by atoms with Gasteiger partial charge in [-0.25, -0.2) is 15.0 Å². The Morgan fingerprint density at radius 2 is 2.05 bits per heavy atom. The molecule has 0 amide bonds. The van der Waals surface area contributed by atoms with E-state index < -0.39 is 13.7 Å². The molecule has 1 aromatic carbocycles. The summed E-state index contributed by atoms with van der Waals surface area (Å²) in [6.45, 7) is 14.1. The molecule has 10 nitrogen and oxygen atoms in total. The van der Waals surface area contributed by atoms with Gasteiger partial charge in [-0.3, -0.25) is 0 Å². The number of anilines is 3. The zero-order chi connectivity index (χ0) is 28.4. The van der Waals surface area contributed by atoms with Crippen LogP contribution >= 0.6 is 0 Å². The van der Waals surface area contributed by atoms with Crippen molar-refractivity contribution >= 4 is 39.2 Å². The Hall–Kier alpha value is -3.82. The molecule has 3 aromatic rings. The number of benzene rings is 1. The largest absolute Gasteiger partial charge is 0.480 e. The quantitative estimate of drug-likeness (QED) is 0.306. The Balaban J connectivity index is 1.75. The molecule has 0 saturated carbocycles. The van der Waals surface area contributed by atoms with E-state index in [0.717, 1.165) is 11.7 Å². The molecule has 0 bridgehead atoms. The van der Waals surface area contributed by atoms with Crippen LogP contribution < -0.4 is 14.9 Å². The van der Waals surface area contributed by atoms with Crippen LogP contribution in [0.2, 0.25) is 18.1 Å². The van der Waals surface area contributed by atoms with E-state index in [1.807, 2.05) is 16.9 Å². The van der Waals surface area contributed by atoms with Crippen LogP contribution in [-0.2, 0) is 14.6 Å². The Bertz CT molecular complexity index is 1420. The number of aromatic nitrogens is 4. The summed E-state index contributed by atoms with van der Waals surface area (Å²) in [6, 6.07) is 9.64. The molecule has 12 heteroatoms. The Kier molecular flexibility index (Phi) is 7.77. The fourth-order valence-electron chi connectivity index (χ4n) is 4.30. The molecule has 4 rings (SSSR count). The minimum absolute atomic E-state index is 0.0459. The minimum Gasteiger partial charge on any atom is -0.480 e. The van der Waals surface area contributed by atoms with Crippen LogP contribution in [0.4, 0.5) is 17.3 Å². The molecule has 0 spiro atoms. The van der Waals surface area contributed by atoms with Crippen LogP contribution in [-0.4, -0.2) is 62.1 Å². The average molecular weight is 543 g/mol. The lowest BCUT2D eigenvalue weighted by Crippen LogP contribution is -2.46. The van der Waals surface area contributed by atoms with Crippen molar-refractivity contribution in [3.8, 4) is 23.3 Å². The highest BCUT2D eigenvalue weighted by molar-refractivity contribution is 6.74. The molecule has 0 fully saturated rings. The topological polar surface area (TPSA) is 126 Å². The summed E-state index contributed by atoms with van der Waals surface area (Å²) in [7, 11) is 0.961. The zero-order valence-electron chi connectivity index (χ0n) is 23.4. The monoisotopic (exact) mass is 542 g/mol. The van der Waals surface area contributed by atoms with Gasteiger partial charge in [0.2, 0.25) is 11.8 Å². The van der Waals surface area contributed by atoms with E-state index in [2.05, 4.69) is 72.1 Å². The van der Waals surface area contributed by atoms with Crippen molar-refractivity contribution in [3.05, 3.63) is 47.9 Å². The first-order valence-corrected chi connectivity index (χ1v) is 15.6. The molecule has 0 unspecified atom stereocenters. The molecule has 39 heavy (non-hydrogen) atoms. The number of carbonyl (C=O) groups is 1. The summed E-state index contributed by atoms with van der Waals surface area (Å²) in [4.78, 5) is 30.8. The van der Waals surface area contributed by atoms with Crippen molar-refractivity contribution in [1.29, 1.82) is 5.26 Å². The van der Waals surface area contributed by atoms with Crippen LogP contribution in [0.5, 0.6) is 5.88 Å². The number of nitrogens with one attached hydrogen (secondary N) is 1. The van der Waals surface area contributed by atoms with E-state index in [1.165, 1.54) is 20.9 Å². The second-order valence-corrected chi connectivity index (χ2v) is 16.2. The number of fused-ring (bicyclic) bond motifs is 1. The number of rotatable bonds is 9. The van der Waals surface area contributed by atoms with Gasteiger partial charge >= 0.3 is 7.41 Å². The van der Waals surface area contributed by atoms with Gasteiger partial charge in [-0.2, -0.15) is 10.2 Å². The van der Waals surface area contributed by atoms with Crippen molar-refractivity contribution in [2.24, 2.45) is 0 Å². The van der Waals surface area contributed by atoms with Crippen molar-refractivity contribution in [2.45, 2.75) is 51.2 Å². The standard InChI is InChI=1S/C27H33BN7O3Si/c1-26(2,3)39(6,7)38-15-27(4)14-35(28-16-36)22-19(13-29)11-18(12-20(22)27)23-31-17-32-25(34-23)33-21-9-8-10-30-24(21)37-5/h8-12,16-17H,14-15H2,1-7H3,(H,31,32,33,34)/t27-/m1/s1. The van der Waals surface area contributed by atoms with Crippen LogP contribution in [0.25, 0.3) is 11.4 Å². The Labute approximate surface area is 231 Å². The van der Waals surface area contributed by atoms with E-state index in [9.17, 15) is 10.1 Å². The van der Waals surface area contributed by atoms with Crippen LogP contribution in [0.3, 0.4) is 0 Å². The molecule has 2 aromatic heterocycles. The molecule has 1 atom stereocenters. The van der Waals surface area contributed by atoms with Gasteiger partial charge in [0.05, 0.1) is 12.7 Å². The first-order valence-electron chi connectivity index (χ1n) is 12.7. The van der Waals surface area contributed by atoms with Crippen LogP contribution in [0.1, 0.15) is 38.8 Å². The number of carbonyl (C=O) groups excluding carboxylic acids is 1. The maximum atomic E-state index is 11.5. The third kappa shape index (κ3) is 5.65. The average Bonchev–Trinajstić information content (AvgIpc) is 3.19. The predicted octanol–water partition coefficient (Wildman–Crippen LogP) is 4.47. The molecule has 1 aliphatic rings. The van der Waals surface area contributed by atoms with Crippen LogP contribution in [0, 0.1) is 11.3 Å². The normalized spacial score (nSPS) is 16.8. The molecular formula is C27H33BN7O3Si. The van der Waals surface area contributed by atoms with E-state index in [-0.39, 0.29) is 5.04 Å². The van der Waals surface area contributed by atoms with Crippen molar-refractivity contribution in [3.63, 3.8) is 0 Å². The highest BCUT2D eigenvalue weighted by Crippen LogP contribution is 2.46. The van der Waals surface area contributed by atoms with Gasteiger partial charge in [0.15, 0.2) is 14.1 Å². The van der Waals surface area contributed by atoms with Gasteiger partial charge in [0.1, 0.15) is 24.3 Å². The lowest BCUT2D eigenvalue weighted by molar-refractivity contribution is 0.219. The fourth-order valence-corrected chi connectivity index (χ4v) is 5.42. The number of hydrogen-bond acceptors (Lipinski definition) is 10. The van der Waals surface area contributed by atoms with E-state index >= 15 is 0 Å². The maximum absolute atomic E-state index is 11.5. The molecule has 201 valence electrons. The first kappa shape index (κ1) is 28.2. The molecule has 3 heterocycles. The Morgan fingerprint density at radius 1 is 1.28 bits per heavy atom. The van der Waals surface area contributed by atoms with Gasteiger partial charge in [0.25, 0.3) is 0 Å². The number of nitrogens with zero attached hydrogens (tertiary/aromatic N) is 6. The SMILES string of the molecule is COc1ncccc1Nc1ncnc(-c2cc(C#N)c3c(c2)[C@@](C)(CO[Si](C)(C)C(C)(C)C)CN3[B]C=O)n1. The molecular weight excluding hydrogens is 509 g/mol. The van der Waals surface area contributed by atoms with Gasteiger partial charge in [-0.05, 0) is 48.0 Å². The summed E-state index contributed by atoms with van der Waals surface area (Å²) in [5.41, 5.74) is 2.86.